The number of aliphatic imine (C=N–C) groups is 1. The summed E-state index contributed by atoms with van der Waals surface area (Å²) < 4.78 is 4.66. The zero-order valence-electron chi connectivity index (χ0n) is 14.3. The second-order valence-corrected chi connectivity index (χ2v) is 7.22. The van der Waals surface area contributed by atoms with Crippen LogP contribution in [0.2, 0.25) is 0 Å². The minimum Gasteiger partial charge on any atom is -0.466 e. The van der Waals surface area contributed by atoms with Crippen molar-refractivity contribution < 1.29 is 14.3 Å². The third kappa shape index (κ3) is 4.51. The molecule has 1 aliphatic heterocycles. The number of thioether (sulfide) groups is 1. The molecule has 1 aromatic carbocycles. The number of amides is 1. The van der Waals surface area contributed by atoms with Gasteiger partial charge in [0.15, 0.2) is 5.17 Å². The fourth-order valence-electron chi connectivity index (χ4n) is 3.04. The summed E-state index contributed by atoms with van der Waals surface area (Å²) in [5.74, 6) is -0.705. The molecular formula is C19H22N2O3S. The van der Waals surface area contributed by atoms with Crippen LogP contribution < -0.4 is 0 Å². The van der Waals surface area contributed by atoms with Gasteiger partial charge < -0.3 is 4.74 Å². The van der Waals surface area contributed by atoms with Crippen LogP contribution in [0.25, 0.3) is 0 Å². The minimum absolute atomic E-state index is 0.186. The molecule has 0 unspecified atom stereocenters. The molecule has 2 fully saturated rings. The molecule has 3 rings (SSSR count). The molecule has 2 aliphatic rings. The predicted molar refractivity (Wildman–Crippen MR) is 99.0 cm³/mol. The molecule has 25 heavy (non-hydrogen) atoms. The number of methoxy groups -OCH3 is 1. The number of hydrogen-bond donors (Lipinski definition) is 0. The number of carbonyl (C=O) groups excluding carboxylic acids is 2. The van der Waals surface area contributed by atoms with Gasteiger partial charge in [0.1, 0.15) is 0 Å². The van der Waals surface area contributed by atoms with Crippen molar-refractivity contribution in [1.29, 1.82) is 0 Å². The summed E-state index contributed by atoms with van der Waals surface area (Å²) >= 11 is 1.27. The molecule has 0 radical (unpaired) electrons. The summed E-state index contributed by atoms with van der Waals surface area (Å²) in [6.45, 7) is 0.455. The highest BCUT2D eigenvalue weighted by molar-refractivity contribution is 8.18. The van der Waals surface area contributed by atoms with Crippen LogP contribution in [0, 0.1) is 0 Å². The van der Waals surface area contributed by atoms with E-state index in [1.54, 1.807) is 4.90 Å². The second kappa shape index (κ2) is 8.34. The summed E-state index contributed by atoms with van der Waals surface area (Å²) in [6.07, 6.45) is 7.01. The predicted octanol–water partition coefficient (Wildman–Crippen LogP) is 3.51. The van der Waals surface area contributed by atoms with Crippen molar-refractivity contribution in [1.82, 2.24) is 4.90 Å². The Morgan fingerprint density at radius 3 is 2.68 bits per heavy atom. The average molecular weight is 358 g/mol. The average Bonchev–Trinajstić information content (AvgIpc) is 2.92. The van der Waals surface area contributed by atoms with Gasteiger partial charge in [0.2, 0.25) is 0 Å². The summed E-state index contributed by atoms with van der Waals surface area (Å²) in [5, 5.41) is 0.691. The van der Waals surface area contributed by atoms with E-state index in [0.29, 0.717) is 16.6 Å². The van der Waals surface area contributed by atoms with E-state index in [2.05, 4.69) is 4.74 Å². The van der Waals surface area contributed by atoms with Crippen LogP contribution >= 0.6 is 11.8 Å². The molecule has 1 aliphatic carbocycles. The fraction of sp³-hybridized carbons (Fsp3) is 0.421. The number of carbonyl (C=O) groups is 2. The van der Waals surface area contributed by atoms with Gasteiger partial charge in [-0.15, -0.1) is 0 Å². The minimum atomic E-state index is -0.519. The zero-order chi connectivity index (χ0) is 17.6. The lowest BCUT2D eigenvalue weighted by Gasteiger charge is -2.21. The van der Waals surface area contributed by atoms with Crippen molar-refractivity contribution in [3.05, 3.63) is 46.9 Å². The van der Waals surface area contributed by atoms with Gasteiger partial charge >= 0.3 is 5.97 Å². The first-order chi connectivity index (χ1) is 12.2. The second-order valence-electron chi connectivity index (χ2n) is 6.21. The molecule has 6 heteroatoms. The lowest BCUT2D eigenvalue weighted by molar-refractivity contribution is -0.135. The van der Waals surface area contributed by atoms with Crippen molar-refractivity contribution in [2.75, 3.05) is 7.11 Å². The molecule has 132 valence electrons. The Morgan fingerprint density at radius 1 is 1.28 bits per heavy atom. The Kier molecular flexibility index (Phi) is 5.91. The Bertz CT molecular complexity index is 694. The Balaban J connectivity index is 1.86. The number of nitrogens with zero attached hydrogens (tertiary/aromatic N) is 2. The molecule has 1 aromatic rings. The topological polar surface area (TPSA) is 59.0 Å². The van der Waals surface area contributed by atoms with Crippen LogP contribution in [-0.2, 0) is 20.9 Å². The zero-order valence-corrected chi connectivity index (χ0v) is 15.1. The van der Waals surface area contributed by atoms with Crippen LogP contribution in [0.4, 0.5) is 0 Å². The molecule has 0 aromatic heterocycles. The normalized spacial score (nSPS) is 22.0. The van der Waals surface area contributed by atoms with Crippen molar-refractivity contribution in [3.63, 3.8) is 0 Å². The van der Waals surface area contributed by atoms with Gasteiger partial charge in [-0.2, -0.15) is 0 Å². The maximum atomic E-state index is 12.8. The van der Waals surface area contributed by atoms with Gasteiger partial charge in [0, 0.05) is 6.08 Å². The molecule has 1 saturated carbocycles. The maximum Gasteiger partial charge on any atom is 0.331 e. The first-order valence-electron chi connectivity index (χ1n) is 8.58. The summed E-state index contributed by atoms with van der Waals surface area (Å²) in [4.78, 5) is 31.2. The van der Waals surface area contributed by atoms with E-state index in [1.807, 2.05) is 30.3 Å². The molecule has 0 N–H and O–H groups in total. The summed E-state index contributed by atoms with van der Waals surface area (Å²) in [7, 11) is 1.31. The number of benzene rings is 1. The van der Waals surface area contributed by atoms with Gasteiger partial charge in [0.05, 0.1) is 24.6 Å². The monoisotopic (exact) mass is 358 g/mol. The molecule has 1 heterocycles. The van der Waals surface area contributed by atoms with Crippen LogP contribution in [0.3, 0.4) is 0 Å². The Hall–Kier alpha value is -2.08. The number of ether oxygens (including phenoxy) is 1. The molecule has 5 nitrogen and oxygen atoms in total. The van der Waals surface area contributed by atoms with Crippen molar-refractivity contribution >= 4 is 28.8 Å². The van der Waals surface area contributed by atoms with Gasteiger partial charge in [0.25, 0.3) is 5.91 Å². The SMILES string of the molecule is COC(=O)C=C1SC(=NC2CCCCC2)N(Cc2ccccc2)C1=O. The number of rotatable bonds is 4. The van der Waals surface area contributed by atoms with Crippen LogP contribution in [0.5, 0.6) is 0 Å². The molecule has 1 saturated heterocycles. The van der Waals surface area contributed by atoms with E-state index in [0.717, 1.165) is 18.4 Å². The Morgan fingerprint density at radius 2 is 2.00 bits per heavy atom. The number of amidine groups is 1. The van der Waals surface area contributed by atoms with Gasteiger partial charge in [-0.3, -0.25) is 14.7 Å². The largest absolute Gasteiger partial charge is 0.466 e. The van der Waals surface area contributed by atoms with Crippen molar-refractivity contribution in [2.24, 2.45) is 4.99 Å². The lowest BCUT2D eigenvalue weighted by Crippen LogP contribution is -2.30. The molecular weight excluding hydrogens is 336 g/mol. The van der Waals surface area contributed by atoms with E-state index in [4.69, 9.17) is 4.99 Å². The quantitative estimate of drug-likeness (QED) is 0.610. The van der Waals surface area contributed by atoms with E-state index >= 15 is 0 Å². The van der Waals surface area contributed by atoms with E-state index in [-0.39, 0.29) is 11.9 Å². The van der Waals surface area contributed by atoms with Crippen LogP contribution in [0.15, 0.2) is 46.3 Å². The van der Waals surface area contributed by atoms with E-state index in [1.165, 1.54) is 44.2 Å². The number of hydrogen-bond acceptors (Lipinski definition) is 5. The summed E-state index contributed by atoms with van der Waals surface area (Å²) in [6, 6.07) is 10.1. The van der Waals surface area contributed by atoms with Gasteiger partial charge in [-0.05, 0) is 30.2 Å². The standard InChI is InChI=1S/C19H22N2O3S/c1-24-17(22)12-16-18(23)21(13-14-8-4-2-5-9-14)19(25-16)20-15-10-6-3-7-11-15/h2,4-5,8-9,12,15H,3,6-7,10-11,13H2,1H3. The van der Waals surface area contributed by atoms with Gasteiger partial charge in [-0.25, -0.2) is 4.79 Å². The third-order valence-electron chi connectivity index (χ3n) is 4.39. The maximum absolute atomic E-state index is 12.8. The van der Waals surface area contributed by atoms with E-state index in [9.17, 15) is 9.59 Å². The lowest BCUT2D eigenvalue weighted by atomic mass is 9.96. The smallest absolute Gasteiger partial charge is 0.331 e. The highest BCUT2D eigenvalue weighted by Gasteiger charge is 2.34. The third-order valence-corrected chi connectivity index (χ3v) is 5.41. The molecule has 0 bridgehead atoms. The molecule has 0 atom stereocenters. The highest BCUT2D eigenvalue weighted by atomic mass is 32.2. The molecule has 1 amide bonds. The Labute approximate surface area is 152 Å². The fourth-order valence-corrected chi connectivity index (χ4v) is 4.05. The first kappa shape index (κ1) is 17.7. The van der Waals surface area contributed by atoms with Crippen molar-refractivity contribution in [2.45, 2.75) is 44.7 Å². The molecule has 0 spiro atoms. The highest BCUT2D eigenvalue weighted by Crippen LogP contribution is 2.34. The first-order valence-corrected chi connectivity index (χ1v) is 9.40. The van der Waals surface area contributed by atoms with Crippen LogP contribution in [0.1, 0.15) is 37.7 Å². The number of esters is 1. The van der Waals surface area contributed by atoms with Crippen molar-refractivity contribution in [3.8, 4) is 0 Å². The van der Waals surface area contributed by atoms with E-state index < -0.39 is 5.97 Å². The summed E-state index contributed by atoms with van der Waals surface area (Å²) in [5.41, 5.74) is 1.03. The van der Waals surface area contributed by atoms with Gasteiger partial charge in [-0.1, -0.05) is 49.6 Å². The van der Waals surface area contributed by atoms with Crippen LogP contribution in [-0.4, -0.2) is 35.1 Å².